The number of hydrogen-bond acceptors (Lipinski definition) is 3. The maximum absolute atomic E-state index is 13.0. The Kier molecular flexibility index (Phi) is 3.93. The average Bonchev–Trinajstić information content (AvgIpc) is 2.72. The van der Waals surface area contributed by atoms with Gasteiger partial charge in [0.25, 0.3) is 0 Å². The van der Waals surface area contributed by atoms with E-state index in [1.165, 1.54) is 0 Å². The highest BCUT2D eigenvalue weighted by atomic mass is 19.4. The van der Waals surface area contributed by atoms with Crippen molar-refractivity contribution in [2.24, 2.45) is 0 Å². The molecule has 0 aromatic carbocycles. The van der Waals surface area contributed by atoms with Gasteiger partial charge < -0.3 is 10.0 Å². The van der Waals surface area contributed by atoms with Gasteiger partial charge in [0.2, 0.25) is 5.88 Å². The number of nitrogens with zero attached hydrogens (tertiary/aromatic N) is 2. The summed E-state index contributed by atoms with van der Waals surface area (Å²) in [5.41, 5.74) is -0.858. The van der Waals surface area contributed by atoms with Gasteiger partial charge in [0.1, 0.15) is 6.17 Å². The third kappa shape index (κ3) is 3.56. The van der Waals surface area contributed by atoms with Gasteiger partial charge in [-0.3, -0.25) is 0 Å². The minimum Gasteiger partial charge on any atom is -0.493 e. The molecule has 1 saturated heterocycles. The molecule has 1 atom stereocenters. The fraction of sp³-hybridized carbons (Fsp3) is 0.583. The van der Waals surface area contributed by atoms with Crippen LogP contribution in [0, 0.1) is 0 Å². The summed E-state index contributed by atoms with van der Waals surface area (Å²) in [6, 6.07) is 0.622. The van der Waals surface area contributed by atoms with Crippen molar-refractivity contribution in [1.82, 2.24) is 9.88 Å². The zero-order chi connectivity index (χ0) is 14.0. The third-order valence-electron chi connectivity index (χ3n) is 3.19. The molecule has 1 aromatic heterocycles. The van der Waals surface area contributed by atoms with Gasteiger partial charge >= 0.3 is 6.18 Å². The molecule has 0 unspecified atom stereocenters. The lowest BCUT2D eigenvalue weighted by atomic mass is 10.1. The molecule has 19 heavy (non-hydrogen) atoms. The highest BCUT2D eigenvalue weighted by Crippen LogP contribution is 2.33. The molecule has 1 aromatic rings. The van der Waals surface area contributed by atoms with Crippen molar-refractivity contribution < 1.29 is 22.7 Å². The number of hydrogen-bond donors (Lipinski definition) is 1. The Bertz CT molecular complexity index is 450. The van der Waals surface area contributed by atoms with Gasteiger partial charge in [0.05, 0.1) is 5.56 Å². The van der Waals surface area contributed by atoms with Crippen LogP contribution in [0.4, 0.5) is 17.6 Å². The van der Waals surface area contributed by atoms with E-state index in [4.69, 9.17) is 5.11 Å². The number of halogens is 4. The van der Waals surface area contributed by atoms with Crippen LogP contribution in [0.1, 0.15) is 17.5 Å². The summed E-state index contributed by atoms with van der Waals surface area (Å²) in [5, 5.41) is 9.04. The van der Waals surface area contributed by atoms with Crippen molar-refractivity contribution in [1.29, 1.82) is 0 Å². The Morgan fingerprint density at radius 2 is 2.16 bits per heavy atom. The molecular weight excluding hydrogens is 264 g/mol. The molecule has 0 amide bonds. The van der Waals surface area contributed by atoms with E-state index < -0.39 is 23.8 Å². The van der Waals surface area contributed by atoms with Crippen molar-refractivity contribution in [3.05, 3.63) is 23.4 Å². The predicted molar refractivity (Wildman–Crippen MR) is 60.6 cm³/mol. The first-order valence-corrected chi connectivity index (χ1v) is 5.98. The minimum atomic E-state index is -4.52. The van der Waals surface area contributed by atoms with Crippen molar-refractivity contribution in [3.8, 4) is 5.88 Å². The summed E-state index contributed by atoms with van der Waals surface area (Å²) in [4.78, 5) is 5.27. The number of likely N-dealkylation sites (tertiary alicyclic amines) is 1. The molecule has 2 heterocycles. The van der Waals surface area contributed by atoms with Crippen molar-refractivity contribution in [2.75, 3.05) is 19.6 Å². The zero-order valence-electron chi connectivity index (χ0n) is 10.1. The number of rotatable bonds is 3. The zero-order valence-corrected chi connectivity index (χ0v) is 10.1. The van der Waals surface area contributed by atoms with Crippen molar-refractivity contribution >= 4 is 0 Å². The molecule has 106 valence electrons. The Balaban J connectivity index is 2.07. The van der Waals surface area contributed by atoms with Crippen LogP contribution in [0.2, 0.25) is 0 Å². The maximum atomic E-state index is 13.0. The third-order valence-corrected chi connectivity index (χ3v) is 3.19. The van der Waals surface area contributed by atoms with E-state index in [0.717, 1.165) is 6.20 Å². The summed E-state index contributed by atoms with van der Waals surface area (Å²) in [6.45, 7) is 1.19. The molecule has 0 saturated carbocycles. The lowest BCUT2D eigenvalue weighted by Gasteiger charge is -2.17. The Morgan fingerprint density at radius 3 is 2.74 bits per heavy atom. The van der Waals surface area contributed by atoms with Crippen LogP contribution in [0.15, 0.2) is 12.3 Å². The standard InChI is InChI=1S/C12H14F4N2O/c13-9-2-4-18(7-9)3-1-8-6-17-11(19)5-10(8)12(14,15)16/h5-6,9H,1-4,7H2,(H,17,19)/t9-/m1/s1. The van der Waals surface area contributed by atoms with Gasteiger partial charge in [-0.2, -0.15) is 13.2 Å². The topological polar surface area (TPSA) is 36.4 Å². The van der Waals surface area contributed by atoms with Crippen molar-refractivity contribution in [3.63, 3.8) is 0 Å². The van der Waals surface area contributed by atoms with Gasteiger partial charge in [-0.1, -0.05) is 0 Å². The largest absolute Gasteiger partial charge is 0.493 e. The average molecular weight is 278 g/mol. The molecule has 0 radical (unpaired) electrons. The maximum Gasteiger partial charge on any atom is 0.416 e. The van der Waals surface area contributed by atoms with Crippen LogP contribution in [-0.4, -0.2) is 40.8 Å². The van der Waals surface area contributed by atoms with Crippen LogP contribution in [-0.2, 0) is 12.6 Å². The molecule has 2 rings (SSSR count). The molecule has 7 heteroatoms. The van der Waals surface area contributed by atoms with Crippen molar-refractivity contribution in [2.45, 2.75) is 25.2 Å². The molecule has 0 aliphatic carbocycles. The van der Waals surface area contributed by atoms with E-state index in [0.29, 0.717) is 25.6 Å². The van der Waals surface area contributed by atoms with Crippen LogP contribution in [0.3, 0.4) is 0 Å². The molecule has 1 N–H and O–H groups in total. The summed E-state index contributed by atoms with van der Waals surface area (Å²) in [6.07, 6.45) is -3.82. The highest BCUT2D eigenvalue weighted by molar-refractivity contribution is 5.31. The first-order chi connectivity index (χ1) is 8.86. The van der Waals surface area contributed by atoms with Crippen LogP contribution < -0.4 is 0 Å². The fourth-order valence-electron chi connectivity index (χ4n) is 2.20. The Hall–Kier alpha value is -1.37. The molecule has 3 nitrogen and oxygen atoms in total. The molecule has 1 aliphatic heterocycles. The predicted octanol–water partition coefficient (Wildman–Crippen LogP) is 2.39. The number of pyridine rings is 1. The van der Waals surface area contributed by atoms with Gasteiger partial charge in [-0.15, -0.1) is 0 Å². The molecule has 0 spiro atoms. The number of alkyl halides is 4. The van der Waals surface area contributed by atoms with E-state index in [1.54, 1.807) is 4.90 Å². The second-order valence-electron chi connectivity index (χ2n) is 4.63. The Morgan fingerprint density at radius 1 is 1.42 bits per heavy atom. The number of aromatic hydroxyl groups is 1. The quantitative estimate of drug-likeness (QED) is 0.862. The molecule has 1 aliphatic rings. The van der Waals surface area contributed by atoms with Gasteiger partial charge in [0.15, 0.2) is 0 Å². The molecular formula is C12H14F4N2O. The first kappa shape index (κ1) is 14.0. The van der Waals surface area contributed by atoms with Crippen LogP contribution >= 0.6 is 0 Å². The van der Waals surface area contributed by atoms with Crippen LogP contribution in [0.5, 0.6) is 5.88 Å². The summed E-state index contributed by atoms with van der Waals surface area (Å²) in [7, 11) is 0. The monoisotopic (exact) mass is 278 g/mol. The van der Waals surface area contributed by atoms with Gasteiger partial charge in [-0.25, -0.2) is 9.37 Å². The van der Waals surface area contributed by atoms with E-state index >= 15 is 0 Å². The SMILES string of the molecule is Oc1cc(C(F)(F)F)c(CCN2CC[C@@H](F)C2)cn1. The summed E-state index contributed by atoms with van der Waals surface area (Å²) >= 11 is 0. The number of aromatic nitrogens is 1. The van der Waals surface area contributed by atoms with E-state index in [9.17, 15) is 17.6 Å². The normalized spacial score (nSPS) is 20.9. The molecule has 0 bridgehead atoms. The van der Waals surface area contributed by atoms with Crippen LogP contribution in [0.25, 0.3) is 0 Å². The molecule has 1 fully saturated rings. The second-order valence-corrected chi connectivity index (χ2v) is 4.63. The van der Waals surface area contributed by atoms with E-state index in [1.807, 2.05) is 0 Å². The van der Waals surface area contributed by atoms with Gasteiger partial charge in [-0.05, 0) is 18.4 Å². The fourth-order valence-corrected chi connectivity index (χ4v) is 2.20. The minimum absolute atomic E-state index is 0.0209. The smallest absolute Gasteiger partial charge is 0.416 e. The lowest BCUT2D eigenvalue weighted by molar-refractivity contribution is -0.138. The van der Waals surface area contributed by atoms with E-state index in [-0.39, 0.29) is 18.5 Å². The Labute approximate surface area is 107 Å². The first-order valence-electron chi connectivity index (χ1n) is 5.98. The second kappa shape index (κ2) is 5.32. The van der Waals surface area contributed by atoms with Gasteiger partial charge in [0, 0.05) is 31.9 Å². The summed E-state index contributed by atoms with van der Waals surface area (Å²) < 4.78 is 51.3. The summed E-state index contributed by atoms with van der Waals surface area (Å²) in [5.74, 6) is -0.652. The van der Waals surface area contributed by atoms with E-state index in [2.05, 4.69) is 4.98 Å². The lowest BCUT2D eigenvalue weighted by Crippen LogP contribution is -2.24. The highest BCUT2D eigenvalue weighted by Gasteiger charge is 2.34.